The Morgan fingerprint density at radius 1 is 1.10 bits per heavy atom. The molecule has 2 aliphatic heterocycles. The second kappa shape index (κ2) is 7.85. The van der Waals surface area contributed by atoms with Crippen molar-refractivity contribution in [2.45, 2.75) is 31.3 Å². The SMILES string of the molecule is COCCN(CCOC)S(=O)(=O)N1CCC2CCC(C1)N2. The van der Waals surface area contributed by atoms with Gasteiger partial charge in [0.1, 0.15) is 0 Å². The molecule has 2 saturated heterocycles. The zero-order valence-corrected chi connectivity index (χ0v) is 13.8. The van der Waals surface area contributed by atoms with Gasteiger partial charge in [-0.1, -0.05) is 0 Å². The van der Waals surface area contributed by atoms with E-state index < -0.39 is 10.2 Å². The van der Waals surface area contributed by atoms with Crippen molar-refractivity contribution in [1.82, 2.24) is 13.9 Å². The van der Waals surface area contributed by atoms with Crippen LogP contribution in [0.4, 0.5) is 0 Å². The third kappa shape index (κ3) is 4.37. The third-order valence-corrected chi connectivity index (χ3v) is 6.23. The van der Waals surface area contributed by atoms with Crippen LogP contribution in [0.15, 0.2) is 0 Å². The van der Waals surface area contributed by atoms with Crippen LogP contribution in [0.3, 0.4) is 0 Å². The molecule has 0 amide bonds. The lowest BCUT2D eigenvalue weighted by molar-refractivity contribution is 0.146. The summed E-state index contributed by atoms with van der Waals surface area (Å²) in [6.07, 6.45) is 3.11. The summed E-state index contributed by atoms with van der Waals surface area (Å²) < 4.78 is 38.8. The Morgan fingerprint density at radius 2 is 1.71 bits per heavy atom. The molecule has 2 aliphatic rings. The fourth-order valence-electron chi connectivity index (χ4n) is 3.01. The molecule has 2 fully saturated rings. The maximum Gasteiger partial charge on any atom is 0.282 e. The Hall–Kier alpha value is -0.250. The van der Waals surface area contributed by atoms with E-state index >= 15 is 0 Å². The summed E-state index contributed by atoms with van der Waals surface area (Å²) >= 11 is 0. The first-order valence-corrected chi connectivity index (χ1v) is 8.96. The molecular weight excluding hydrogens is 294 g/mol. The molecule has 1 N–H and O–H groups in total. The normalized spacial score (nSPS) is 27.2. The number of nitrogens with zero attached hydrogens (tertiary/aromatic N) is 2. The summed E-state index contributed by atoms with van der Waals surface area (Å²) in [5.41, 5.74) is 0. The van der Waals surface area contributed by atoms with E-state index in [0.29, 0.717) is 51.5 Å². The van der Waals surface area contributed by atoms with E-state index in [4.69, 9.17) is 9.47 Å². The highest BCUT2D eigenvalue weighted by Gasteiger charge is 2.36. The Bertz CT molecular complexity index is 410. The average Bonchev–Trinajstić information content (AvgIpc) is 2.77. The summed E-state index contributed by atoms with van der Waals surface area (Å²) in [5, 5.41) is 3.51. The Morgan fingerprint density at radius 3 is 2.33 bits per heavy atom. The number of hydrogen-bond donors (Lipinski definition) is 1. The van der Waals surface area contributed by atoms with Gasteiger partial charge in [0, 0.05) is 52.5 Å². The van der Waals surface area contributed by atoms with Crippen molar-refractivity contribution >= 4 is 10.2 Å². The molecule has 2 unspecified atom stereocenters. The molecule has 0 spiro atoms. The molecule has 8 heteroatoms. The van der Waals surface area contributed by atoms with Crippen molar-refractivity contribution in [3.63, 3.8) is 0 Å². The van der Waals surface area contributed by atoms with Crippen molar-refractivity contribution in [3.8, 4) is 0 Å². The highest BCUT2D eigenvalue weighted by atomic mass is 32.2. The summed E-state index contributed by atoms with van der Waals surface area (Å²) in [6.45, 7) is 2.66. The van der Waals surface area contributed by atoms with E-state index in [9.17, 15) is 8.42 Å². The number of ether oxygens (including phenoxy) is 2. The standard InChI is InChI=1S/C13H27N3O4S/c1-19-9-7-15(8-10-20-2)21(17,18)16-6-5-12-3-4-13(11-16)14-12/h12-14H,3-11H2,1-2H3. The van der Waals surface area contributed by atoms with Crippen LogP contribution >= 0.6 is 0 Å². The van der Waals surface area contributed by atoms with Crippen LogP contribution in [-0.2, 0) is 19.7 Å². The lowest BCUT2D eigenvalue weighted by Gasteiger charge is -2.30. The summed E-state index contributed by atoms with van der Waals surface area (Å²) in [4.78, 5) is 0. The topological polar surface area (TPSA) is 71.1 Å². The van der Waals surface area contributed by atoms with E-state index in [-0.39, 0.29) is 0 Å². The minimum Gasteiger partial charge on any atom is -0.383 e. The quantitative estimate of drug-likeness (QED) is 0.662. The van der Waals surface area contributed by atoms with Crippen LogP contribution in [0.2, 0.25) is 0 Å². The molecule has 0 aliphatic carbocycles. The van der Waals surface area contributed by atoms with Gasteiger partial charge in [0.15, 0.2) is 0 Å². The minimum atomic E-state index is -3.45. The highest BCUT2D eigenvalue weighted by molar-refractivity contribution is 7.86. The van der Waals surface area contributed by atoms with Crippen LogP contribution in [0.25, 0.3) is 0 Å². The predicted octanol–water partition coefficient (Wildman–Crippen LogP) is -0.348. The molecule has 21 heavy (non-hydrogen) atoms. The van der Waals surface area contributed by atoms with Gasteiger partial charge in [-0.25, -0.2) is 0 Å². The number of methoxy groups -OCH3 is 2. The van der Waals surface area contributed by atoms with Gasteiger partial charge in [-0.2, -0.15) is 17.0 Å². The fourth-order valence-corrected chi connectivity index (χ4v) is 4.65. The van der Waals surface area contributed by atoms with Crippen molar-refractivity contribution in [2.24, 2.45) is 0 Å². The Balaban J connectivity index is 2.04. The van der Waals surface area contributed by atoms with Gasteiger partial charge in [-0.3, -0.25) is 0 Å². The second-order valence-electron chi connectivity index (χ2n) is 5.68. The maximum absolute atomic E-state index is 12.8. The molecule has 7 nitrogen and oxygen atoms in total. The van der Waals surface area contributed by atoms with Gasteiger partial charge in [-0.05, 0) is 19.3 Å². The van der Waals surface area contributed by atoms with Crippen LogP contribution in [0, 0.1) is 0 Å². The molecular formula is C13H27N3O4S. The molecule has 2 bridgehead atoms. The summed E-state index contributed by atoms with van der Waals surface area (Å²) in [7, 11) is -0.289. The van der Waals surface area contributed by atoms with Gasteiger partial charge >= 0.3 is 0 Å². The van der Waals surface area contributed by atoms with Crippen LogP contribution < -0.4 is 5.32 Å². The monoisotopic (exact) mass is 321 g/mol. The van der Waals surface area contributed by atoms with Gasteiger partial charge in [0.05, 0.1) is 13.2 Å². The Labute approximate surface area is 127 Å². The number of hydrogen-bond acceptors (Lipinski definition) is 5. The van der Waals surface area contributed by atoms with E-state index in [1.165, 1.54) is 4.31 Å². The van der Waals surface area contributed by atoms with Crippen molar-refractivity contribution in [2.75, 3.05) is 53.6 Å². The van der Waals surface area contributed by atoms with Crippen molar-refractivity contribution in [3.05, 3.63) is 0 Å². The number of nitrogens with one attached hydrogen (secondary N) is 1. The fraction of sp³-hybridized carbons (Fsp3) is 1.00. The van der Waals surface area contributed by atoms with E-state index in [0.717, 1.165) is 19.3 Å². The molecule has 124 valence electrons. The molecule has 0 saturated carbocycles. The zero-order chi connectivity index (χ0) is 15.3. The zero-order valence-electron chi connectivity index (χ0n) is 13.0. The summed E-state index contributed by atoms with van der Waals surface area (Å²) in [6, 6.07) is 0.764. The van der Waals surface area contributed by atoms with Gasteiger partial charge < -0.3 is 14.8 Å². The first-order valence-electron chi connectivity index (χ1n) is 7.57. The number of fused-ring (bicyclic) bond motifs is 2. The van der Waals surface area contributed by atoms with Gasteiger partial charge in [-0.15, -0.1) is 0 Å². The molecule has 0 aromatic carbocycles. The largest absolute Gasteiger partial charge is 0.383 e. The highest BCUT2D eigenvalue weighted by Crippen LogP contribution is 2.23. The summed E-state index contributed by atoms with van der Waals surface area (Å²) in [5.74, 6) is 0. The number of rotatable bonds is 8. The van der Waals surface area contributed by atoms with Crippen molar-refractivity contribution in [1.29, 1.82) is 0 Å². The first kappa shape index (κ1) is 17.1. The molecule has 2 heterocycles. The van der Waals surface area contributed by atoms with E-state index in [2.05, 4.69) is 5.32 Å². The Kier molecular flexibility index (Phi) is 6.39. The predicted molar refractivity (Wildman–Crippen MR) is 80.4 cm³/mol. The van der Waals surface area contributed by atoms with E-state index in [1.807, 2.05) is 0 Å². The maximum atomic E-state index is 12.8. The van der Waals surface area contributed by atoms with E-state index in [1.54, 1.807) is 18.5 Å². The minimum absolute atomic E-state index is 0.291. The lowest BCUT2D eigenvalue weighted by Crippen LogP contribution is -2.49. The molecule has 0 aromatic heterocycles. The van der Waals surface area contributed by atoms with Crippen LogP contribution in [-0.4, -0.2) is 82.7 Å². The third-order valence-electron chi connectivity index (χ3n) is 4.23. The van der Waals surface area contributed by atoms with Crippen LogP contribution in [0.1, 0.15) is 19.3 Å². The van der Waals surface area contributed by atoms with Crippen LogP contribution in [0.5, 0.6) is 0 Å². The second-order valence-corrected chi connectivity index (χ2v) is 7.61. The average molecular weight is 321 g/mol. The lowest BCUT2D eigenvalue weighted by atomic mass is 10.1. The molecule has 2 rings (SSSR count). The molecule has 0 aromatic rings. The van der Waals surface area contributed by atoms with Crippen molar-refractivity contribution < 1.29 is 17.9 Å². The van der Waals surface area contributed by atoms with Gasteiger partial charge in [0.25, 0.3) is 10.2 Å². The molecule has 2 atom stereocenters. The first-order chi connectivity index (χ1) is 10.1. The van der Waals surface area contributed by atoms with Gasteiger partial charge in [0.2, 0.25) is 0 Å². The smallest absolute Gasteiger partial charge is 0.282 e. The molecule has 0 radical (unpaired) electrons.